The van der Waals surface area contributed by atoms with Crippen LogP contribution in [0.5, 0.6) is 0 Å². The molecule has 25 heavy (non-hydrogen) atoms. The second-order valence-electron chi connectivity index (χ2n) is 10.9. The molecule has 4 aliphatic rings. The highest BCUT2D eigenvalue weighted by Crippen LogP contribution is 2.68. The number of hydrogen-bond acceptors (Lipinski definition) is 1. The Morgan fingerprint density at radius 3 is 2.52 bits per heavy atom. The van der Waals surface area contributed by atoms with Gasteiger partial charge in [0.2, 0.25) is 0 Å². The molecule has 1 nitrogen and oxygen atoms in total. The zero-order chi connectivity index (χ0) is 17.7. The molecular formula is C24H40O. The first kappa shape index (κ1) is 18.1. The number of carbonyl (C=O) groups excluding carboxylic acids is 1. The van der Waals surface area contributed by atoms with Crippen molar-refractivity contribution in [2.24, 2.45) is 46.3 Å². The van der Waals surface area contributed by atoms with Gasteiger partial charge in [-0.15, -0.1) is 0 Å². The molecule has 8 atom stereocenters. The van der Waals surface area contributed by atoms with Crippen LogP contribution in [-0.4, -0.2) is 6.29 Å². The van der Waals surface area contributed by atoms with Crippen LogP contribution in [0.3, 0.4) is 0 Å². The summed E-state index contributed by atoms with van der Waals surface area (Å²) in [6.07, 6.45) is 18.0. The lowest BCUT2D eigenvalue weighted by molar-refractivity contribution is -0.115. The molecule has 4 rings (SSSR count). The van der Waals surface area contributed by atoms with E-state index in [2.05, 4.69) is 20.8 Å². The van der Waals surface area contributed by atoms with Gasteiger partial charge in [-0.2, -0.15) is 0 Å². The highest BCUT2D eigenvalue weighted by Gasteiger charge is 2.59. The Hall–Kier alpha value is -0.330. The predicted molar refractivity (Wildman–Crippen MR) is 104 cm³/mol. The van der Waals surface area contributed by atoms with Crippen LogP contribution in [0.4, 0.5) is 0 Å². The molecule has 1 heteroatoms. The fourth-order valence-corrected chi connectivity index (χ4v) is 8.80. The number of hydrogen-bond donors (Lipinski definition) is 0. The lowest BCUT2D eigenvalue weighted by atomic mass is 9.44. The second-order valence-corrected chi connectivity index (χ2v) is 10.9. The first-order chi connectivity index (χ1) is 12.0. The van der Waals surface area contributed by atoms with Crippen molar-refractivity contribution in [1.82, 2.24) is 0 Å². The van der Waals surface area contributed by atoms with Gasteiger partial charge in [-0.25, -0.2) is 0 Å². The lowest BCUT2D eigenvalue weighted by Crippen LogP contribution is -2.53. The Morgan fingerprint density at radius 1 is 0.920 bits per heavy atom. The van der Waals surface area contributed by atoms with E-state index in [4.69, 9.17) is 0 Å². The van der Waals surface area contributed by atoms with E-state index < -0.39 is 0 Å². The highest BCUT2D eigenvalue weighted by molar-refractivity contribution is 5.49. The van der Waals surface area contributed by atoms with Gasteiger partial charge in [0.05, 0.1) is 0 Å². The predicted octanol–water partition coefficient (Wildman–Crippen LogP) is 6.65. The van der Waals surface area contributed by atoms with Crippen molar-refractivity contribution in [3.8, 4) is 0 Å². The van der Waals surface area contributed by atoms with Crippen LogP contribution in [-0.2, 0) is 4.79 Å². The molecule has 4 aliphatic carbocycles. The van der Waals surface area contributed by atoms with E-state index in [1.165, 1.54) is 64.2 Å². The van der Waals surface area contributed by atoms with Crippen molar-refractivity contribution in [1.29, 1.82) is 0 Å². The molecule has 0 amide bonds. The van der Waals surface area contributed by atoms with Crippen LogP contribution in [0, 0.1) is 46.3 Å². The Bertz CT molecular complexity index is 498. The number of aldehydes is 1. The summed E-state index contributed by atoms with van der Waals surface area (Å²) >= 11 is 0. The van der Waals surface area contributed by atoms with Crippen molar-refractivity contribution in [2.45, 2.75) is 97.8 Å². The maximum atomic E-state index is 10.8. The van der Waals surface area contributed by atoms with Gasteiger partial charge in [-0.1, -0.05) is 33.6 Å². The Morgan fingerprint density at radius 2 is 1.72 bits per heavy atom. The van der Waals surface area contributed by atoms with E-state index in [9.17, 15) is 4.79 Å². The third kappa shape index (κ3) is 2.74. The quantitative estimate of drug-likeness (QED) is 0.522. The maximum absolute atomic E-state index is 10.8. The summed E-state index contributed by atoms with van der Waals surface area (Å²) in [5.41, 5.74) is 1.24. The Kier molecular flexibility index (Phi) is 4.82. The minimum Gasteiger partial charge on any atom is -0.303 e. The number of fused-ring (bicyclic) bond motifs is 5. The van der Waals surface area contributed by atoms with Crippen LogP contribution in [0.15, 0.2) is 0 Å². The minimum absolute atomic E-state index is 0.571. The lowest BCUT2D eigenvalue weighted by Gasteiger charge is -2.61. The summed E-state index contributed by atoms with van der Waals surface area (Å²) in [7, 11) is 0. The molecular weight excluding hydrogens is 304 g/mol. The Balaban J connectivity index is 1.54. The molecule has 0 radical (unpaired) electrons. The largest absolute Gasteiger partial charge is 0.303 e. The number of carbonyl (C=O) groups is 1. The van der Waals surface area contributed by atoms with E-state index in [-0.39, 0.29) is 0 Å². The molecule has 0 spiro atoms. The molecule has 0 aromatic rings. The van der Waals surface area contributed by atoms with Gasteiger partial charge >= 0.3 is 0 Å². The van der Waals surface area contributed by atoms with Gasteiger partial charge in [0.15, 0.2) is 0 Å². The average molecular weight is 345 g/mol. The van der Waals surface area contributed by atoms with Crippen molar-refractivity contribution < 1.29 is 4.79 Å². The van der Waals surface area contributed by atoms with E-state index in [0.29, 0.717) is 10.8 Å². The molecule has 0 saturated heterocycles. The topological polar surface area (TPSA) is 17.1 Å². The van der Waals surface area contributed by atoms with Crippen LogP contribution < -0.4 is 0 Å². The molecule has 0 aromatic heterocycles. The first-order valence-electron chi connectivity index (χ1n) is 11.4. The van der Waals surface area contributed by atoms with E-state index in [1.54, 1.807) is 0 Å². The third-order valence-corrected chi connectivity index (χ3v) is 10.1. The fourth-order valence-electron chi connectivity index (χ4n) is 8.80. The fraction of sp³-hybridized carbons (Fsp3) is 0.958. The summed E-state index contributed by atoms with van der Waals surface area (Å²) in [4.78, 5) is 10.8. The zero-order valence-corrected chi connectivity index (χ0v) is 16.9. The summed E-state index contributed by atoms with van der Waals surface area (Å²) < 4.78 is 0. The van der Waals surface area contributed by atoms with Crippen LogP contribution in [0.1, 0.15) is 97.8 Å². The first-order valence-corrected chi connectivity index (χ1v) is 11.4. The third-order valence-electron chi connectivity index (χ3n) is 10.1. The van der Waals surface area contributed by atoms with Crippen molar-refractivity contribution in [3.63, 3.8) is 0 Å². The van der Waals surface area contributed by atoms with Crippen LogP contribution >= 0.6 is 0 Å². The molecule has 8 unspecified atom stereocenters. The van der Waals surface area contributed by atoms with Crippen molar-refractivity contribution >= 4 is 6.29 Å². The Labute approximate surface area is 155 Å². The highest BCUT2D eigenvalue weighted by atomic mass is 16.1. The van der Waals surface area contributed by atoms with Gasteiger partial charge < -0.3 is 4.79 Å². The molecule has 0 bridgehead atoms. The van der Waals surface area contributed by atoms with Gasteiger partial charge in [-0.05, 0) is 104 Å². The standard InChI is InChI=1S/C24H40O/c1-17(7-6-16-25)20-11-12-21-19-10-9-18-8-4-5-14-23(18,2)22(19)13-15-24(20,21)3/h16-22H,4-15H2,1-3H3. The molecule has 0 aliphatic heterocycles. The molecule has 0 heterocycles. The van der Waals surface area contributed by atoms with Gasteiger partial charge in [0.1, 0.15) is 6.29 Å². The molecule has 0 aromatic carbocycles. The van der Waals surface area contributed by atoms with Crippen molar-refractivity contribution in [3.05, 3.63) is 0 Å². The van der Waals surface area contributed by atoms with Gasteiger partial charge in [-0.3, -0.25) is 0 Å². The maximum Gasteiger partial charge on any atom is 0.120 e. The molecule has 4 fully saturated rings. The van der Waals surface area contributed by atoms with Gasteiger partial charge in [0.25, 0.3) is 0 Å². The summed E-state index contributed by atoms with van der Waals surface area (Å²) in [6, 6.07) is 0. The van der Waals surface area contributed by atoms with E-state index in [1.807, 2.05) is 0 Å². The monoisotopic (exact) mass is 344 g/mol. The molecule has 4 saturated carbocycles. The minimum atomic E-state index is 0.571. The second kappa shape index (κ2) is 6.68. The molecule has 0 N–H and O–H groups in total. The summed E-state index contributed by atoms with van der Waals surface area (Å²) in [5.74, 6) is 5.66. The summed E-state index contributed by atoms with van der Waals surface area (Å²) in [5, 5.41) is 0. The molecule has 142 valence electrons. The number of rotatable bonds is 4. The van der Waals surface area contributed by atoms with E-state index >= 15 is 0 Å². The van der Waals surface area contributed by atoms with Crippen LogP contribution in [0.2, 0.25) is 0 Å². The van der Waals surface area contributed by atoms with Gasteiger partial charge in [0, 0.05) is 6.42 Å². The SMILES string of the molecule is CC(CCC=O)C1CCC2C3CCC4CCCCC4(C)C3CCC12C. The van der Waals surface area contributed by atoms with Crippen molar-refractivity contribution in [2.75, 3.05) is 0 Å². The van der Waals surface area contributed by atoms with E-state index in [0.717, 1.165) is 54.6 Å². The summed E-state index contributed by atoms with van der Waals surface area (Å²) in [6.45, 7) is 7.78. The average Bonchev–Trinajstić information content (AvgIpc) is 2.96. The van der Waals surface area contributed by atoms with Crippen LogP contribution in [0.25, 0.3) is 0 Å². The smallest absolute Gasteiger partial charge is 0.120 e. The zero-order valence-electron chi connectivity index (χ0n) is 16.9. The normalized spacial score (nSPS) is 50.4.